The van der Waals surface area contributed by atoms with Crippen LogP contribution in [-0.4, -0.2) is 24.9 Å². The molecule has 2 aromatic rings. The smallest absolute Gasteiger partial charge is 0.480 e. The predicted molar refractivity (Wildman–Crippen MR) is 114 cm³/mol. The summed E-state index contributed by atoms with van der Waals surface area (Å²) in [4.78, 5) is 12.0. The van der Waals surface area contributed by atoms with E-state index in [1.165, 1.54) is 30.4 Å². The van der Waals surface area contributed by atoms with Crippen molar-refractivity contribution in [1.29, 1.82) is 0 Å². The Labute approximate surface area is 191 Å². The van der Waals surface area contributed by atoms with E-state index in [0.29, 0.717) is 11.3 Å². The molecule has 0 bridgehead atoms. The van der Waals surface area contributed by atoms with Crippen LogP contribution >= 0.6 is 11.6 Å². The zero-order chi connectivity index (χ0) is 23.5. The fraction of sp³-hybridized carbons (Fsp3) is 0.261. The Morgan fingerprint density at radius 1 is 1.15 bits per heavy atom. The van der Waals surface area contributed by atoms with Crippen molar-refractivity contribution in [3.05, 3.63) is 69.8 Å². The highest BCUT2D eigenvalue weighted by Gasteiger charge is 2.50. The minimum Gasteiger partial charge on any atom is -0.480 e. The first-order valence-electron chi connectivity index (χ1n) is 10.1. The SMILES string of the molecule is NC[C@@]1(c2cccc3c2OC(F)(F)O3)Cc2c(ccc(Cl)c2C2=C(C(N)=O)C=CCC2F)O1. The molecule has 2 heterocycles. The first kappa shape index (κ1) is 21.7. The van der Waals surface area contributed by atoms with Crippen LogP contribution in [0.5, 0.6) is 17.2 Å². The average Bonchev–Trinajstić information content (AvgIpc) is 3.30. The molecule has 2 atom stereocenters. The van der Waals surface area contributed by atoms with Crippen molar-refractivity contribution in [2.24, 2.45) is 11.5 Å². The number of hydrogen-bond acceptors (Lipinski definition) is 5. The second kappa shape index (κ2) is 7.43. The van der Waals surface area contributed by atoms with Crippen LogP contribution in [0.4, 0.5) is 13.2 Å². The quantitative estimate of drug-likeness (QED) is 0.692. The largest absolute Gasteiger partial charge is 0.586 e. The Balaban J connectivity index is 1.67. The summed E-state index contributed by atoms with van der Waals surface area (Å²) >= 11 is 6.48. The summed E-state index contributed by atoms with van der Waals surface area (Å²) in [6, 6.07) is 7.53. The van der Waals surface area contributed by atoms with Gasteiger partial charge in [0.25, 0.3) is 0 Å². The molecule has 172 valence electrons. The van der Waals surface area contributed by atoms with Crippen LogP contribution in [-0.2, 0) is 16.8 Å². The summed E-state index contributed by atoms with van der Waals surface area (Å²) < 4.78 is 58.2. The Morgan fingerprint density at radius 2 is 1.94 bits per heavy atom. The Kier molecular flexibility index (Phi) is 4.88. The van der Waals surface area contributed by atoms with Gasteiger partial charge in [0.2, 0.25) is 5.91 Å². The first-order valence-corrected chi connectivity index (χ1v) is 10.5. The third-order valence-corrected chi connectivity index (χ3v) is 6.32. The van der Waals surface area contributed by atoms with Crippen LogP contribution < -0.4 is 25.7 Å². The number of nitrogens with two attached hydrogens (primary N) is 2. The summed E-state index contributed by atoms with van der Waals surface area (Å²) in [5.41, 5.74) is 11.4. The van der Waals surface area contributed by atoms with Crippen molar-refractivity contribution in [3.63, 3.8) is 0 Å². The molecule has 3 aliphatic rings. The number of primary amides is 1. The van der Waals surface area contributed by atoms with E-state index in [-0.39, 0.29) is 58.2 Å². The molecule has 0 radical (unpaired) electrons. The standard InChI is InChI=1S/C23H18ClF3N2O4/c24-14-7-8-16-12(18(14)19-11(21(29)30)3-1-5-15(19)25)9-22(10-28,31-16)13-4-2-6-17-20(13)33-23(26,27)32-17/h1-4,6-8,15H,5,9-10,28H2,(H2,29,30)/t15?,22-/m1/s1. The van der Waals surface area contributed by atoms with Gasteiger partial charge >= 0.3 is 6.29 Å². The summed E-state index contributed by atoms with van der Waals surface area (Å²) in [5.74, 6) is -0.798. The van der Waals surface area contributed by atoms with Crippen molar-refractivity contribution in [2.45, 2.75) is 30.9 Å². The van der Waals surface area contributed by atoms with Crippen molar-refractivity contribution in [1.82, 2.24) is 0 Å². The molecule has 5 rings (SSSR count). The molecule has 0 aromatic heterocycles. The van der Waals surface area contributed by atoms with E-state index in [2.05, 4.69) is 4.74 Å². The highest BCUT2D eigenvalue weighted by atomic mass is 35.5. The topological polar surface area (TPSA) is 96.8 Å². The predicted octanol–water partition coefficient (Wildman–Crippen LogP) is 3.99. The molecule has 1 aliphatic carbocycles. The first-order chi connectivity index (χ1) is 15.7. The second-order valence-corrected chi connectivity index (χ2v) is 8.38. The van der Waals surface area contributed by atoms with Gasteiger partial charge in [-0.05, 0) is 18.2 Å². The van der Waals surface area contributed by atoms with Gasteiger partial charge in [-0.3, -0.25) is 4.79 Å². The molecule has 1 unspecified atom stereocenters. The average molecular weight is 479 g/mol. The van der Waals surface area contributed by atoms with E-state index in [1.54, 1.807) is 12.1 Å². The fourth-order valence-electron chi connectivity index (χ4n) is 4.58. The number of benzene rings is 2. The minimum absolute atomic E-state index is 0.00581. The molecular formula is C23H18ClF3N2O4. The highest BCUT2D eigenvalue weighted by Crippen LogP contribution is 2.53. The third kappa shape index (κ3) is 3.34. The molecular weight excluding hydrogens is 461 g/mol. The highest BCUT2D eigenvalue weighted by molar-refractivity contribution is 6.33. The zero-order valence-electron chi connectivity index (χ0n) is 17.0. The lowest BCUT2D eigenvalue weighted by Gasteiger charge is -2.28. The molecule has 0 saturated heterocycles. The molecule has 2 aliphatic heterocycles. The Bertz CT molecular complexity index is 1250. The third-order valence-electron chi connectivity index (χ3n) is 6.00. The number of fused-ring (bicyclic) bond motifs is 2. The minimum atomic E-state index is -3.83. The van der Waals surface area contributed by atoms with Gasteiger partial charge in [-0.2, -0.15) is 0 Å². The maximum absolute atomic E-state index is 15.1. The van der Waals surface area contributed by atoms with Crippen molar-refractivity contribution in [3.8, 4) is 17.2 Å². The van der Waals surface area contributed by atoms with Crippen LogP contribution in [0.25, 0.3) is 5.57 Å². The summed E-state index contributed by atoms with van der Waals surface area (Å²) in [7, 11) is 0. The number of halogens is 4. The lowest BCUT2D eigenvalue weighted by Crippen LogP contribution is -2.40. The number of ether oxygens (including phenoxy) is 3. The molecule has 0 fully saturated rings. The molecule has 6 nitrogen and oxygen atoms in total. The van der Waals surface area contributed by atoms with E-state index in [4.69, 9.17) is 32.5 Å². The molecule has 0 saturated carbocycles. The molecule has 33 heavy (non-hydrogen) atoms. The molecule has 1 amide bonds. The van der Waals surface area contributed by atoms with Crippen molar-refractivity contribution < 1.29 is 32.2 Å². The van der Waals surface area contributed by atoms with Crippen molar-refractivity contribution >= 4 is 23.1 Å². The zero-order valence-corrected chi connectivity index (χ0v) is 17.8. The van der Waals surface area contributed by atoms with Gasteiger partial charge in [0, 0.05) is 52.2 Å². The summed E-state index contributed by atoms with van der Waals surface area (Å²) in [6.07, 6.45) is -2.26. The fourth-order valence-corrected chi connectivity index (χ4v) is 4.86. The number of carbonyl (C=O) groups is 1. The Morgan fingerprint density at radius 3 is 2.67 bits per heavy atom. The van der Waals surface area contributed by atoms with E-state index in [0.717, 1.165) is 0 Å². The number of para-hydroxylation sites is 1. The lowest BCUT2D eigenvalue weighted by molar-refractivity contribution is -0.287. The van der Waals surface area contributed by atoms with Gasteiger partial charge in [-0.1, -0.05) is 35.9 Å². The van der Waals surface area contributed by atoms with Crippen molar-refractivity contribution in [2.75, 3.05) is 6.54 Å². The van der Waals surface area contributed by atoms with Gasteiger partial charge in [0.15, 0.2) is 17.1 Å². The molecule has 4 N–H and O–H groups in total. The lowest BCUT2D eigenvalue weighted by atomic mass is 9.82. The van der Waals surface area contributed by atoms with Crippen LogP contribution in [0.3, 0.4) is 0 Å². The number of alkyl halides is 3. The van der Waals surface area contributed by atoms with Gasteiger partial charge in [-0.15, -0.1) is 8.78 Å². The summed E-state index contributed by atoms with van der Waals surface area (Å²) in [6.45, 7) is -0.120. The van der Waals surface area contributed by atoms with Crippen LogP contribution in [0.2, 0.25) is 5.02 Å². The number of rotatable bonds is 4. The van der Waals surface area contributed by atoms with E-state index in [9.17, 15) is 13.6 Å². The number of amides is 1. The Hall–Kier alpha value is -3.17. The normalized spacial score (nSPS) is 24.6. The molecule has 10 heteroatoms. The van der Waals surface area contributed by atoms with Gasteiger partial charge in [0.05, 0.1) is 0 Å². The molecule has 2 aromatic carbocycles. The number of carbonyl (C=O) groups excluding carboxylic acids is 1. The maximum atomic E-state index is 15.1. The van der Waals surface area contributed by atoms with Gasteiger partial charge in [-0.25, -0.2) is 4.39 Å². The van der Waals surface area contributed by atoms with E-state index >= 15 is 4.39 Å². The van der Waals surface area contributed by atoms with E-state index in [1.807, 2.05) is 0 Å². The monoisotopic (exact) mass is 478 g/mol. The van der Waals surface area contributed by atoms with Crippen LogP contribution in [0.1, 0.15) is 23.1 Å². The summed E-state index contributed by atoms with van der Waals surface area (Å²) in [5, 5.41) is 0.196. The second-order valence-electron chi connectivity index (χ2n) is 7.97. The van der Waals surface area contributed by atoms with Crippen LogP contribution in [0.15, 0.2) is 48.1 Å². The number of hydrogen-bond donors (Lipinski definition) is 2. The maximum Gasteiger partial charge on any atom is 0.586 e. The van der Waals surface area contributed by atoms with Gasteiger partial charge < -0.3 is 25.7 Å². The van der Waals surface area contributed by atoms with Crippen LogP contribution in [0, 0.1) is 0 Å². The van der Waals surface area contributed by atoms with E-state index < -0.39 is 24.0 Å². The number of allylic oxidation sites excluding steroid dienone is 2. The van der Waals surface area contributed by atoms with Gasteiger partial charge in [0.1, 0.15) is 11.9 Å². The molecule has 0 spiro atoms.